The molecule has 0 aromatic heterocycles. The van der Waals surface area contributed by atoms with E-state index in [4.69, 9.17) is 19.3 Å². The first kappa shape index (κ1) is 30.3. The number of carbonyl (C=O) groups is 1. The molecule has 1 aliphatic rings. The number of aliphatic hydroxyl groups is 1. The number of rotatable bonds is 17. The number of hydrogen-bond acceptors (Lipinski definition) is 5. The largest absolute Gasteiger partial charge is 0.478 e. The van der Waals surface area contributed by atoms with E-state index in [0.717, 1.165) is 18.4 Å². The predicted octanol–water partition coefficient (Wildman–Crippen LogP) is 5.63. The van der Waals surface area contributed by atoms with E-state index in [2.05, 4.69) is 33.8 Å². The number of ether oxygens (including phenoxy) is 3. The molecule has 0 aromatic rings. The van der Waals surface area contributed by atoms with Gasteiger partial charge in [-0.1, -0.05) is 48.8 Å². The molecule has 0 amide bonds. The average molecular weight is 479 g/mol. The van der Waals surface area contributed by atoms with Gasteiger partial charge < -0.3 is 24.4 Å². The van der Waals surface area contributed by atoms with Crippen molar-refractivity contribution in [2.24, 2.45) is 5.41 Å². The first-order valence-corrected chi connectivity index (χ1v) is 12.5. The summed E-state index contributed by atoms with van der Waals surface area (Å²) in [5.74, 6) is -0.911. The molecule has 1 aliphatic carbocycles. The summed E-state index contributed by atoms with van der Waals surface area (Å²) in [6, 6.07) is 0. The average Bonchev–Trinajstić information content (AvgIpc) is 2.76. The third kappa shape index (κ3) is 12.1. The second-order valence-corrected chi connectivity index (χ2v) is 9.65. The zero-order valence-electron chi connectivity index (χ0n) is 22.0. The molecule has 0 atom stereocenters. The Labute approximate surface area is 206 Å². The van der Waals surface area contributed by atoms with Crippen LogP contribution in [0.25, 0.3) is 0 Å². The van der Waals surface area contributed by atoms with Crippen molar-refractivity contribution in [3.63, 3.8) is 0 Å². The third-order valence-corrected chi connectivity index (χ3v) is 6.39. The van der Waals surface area contributed by atoms with Crippen LogP contribution in [0.15, 0.2) is 46.1 Å². The molecular weight excluding hydrogens is 432 g/mol. The zero-order valence-corrected chi connectivity index (χ0v) is 22.0. The predicted molar refractivity (Wildman–Crippen MR) is 137 cm³/mol. The second-order valence-electron chi connectivity index (χ2n) is 9.65. The van der Waals surface area contributed by atoms with Gasteiger partial charge in [0.05, 0.1) is 46.2 Å². The van der Waals surface area contributed by atoms with Crippen molar-refractivity contribution >= 4 is 5.97 Å². The Morgan fingerprint density at radius 1 is 1.00 bits per heavy atom. The van der Waals surface area contributed by atoms with Crippen molar-refractivity contribution in [1.82, 2.24) is 0 Å². The van der Waals surface area contributed by atoms with Crippen LogP contribution in [0.4, 0.5) is 0 Å². The van der Waals surface area contributed by atoms with E-state index in [-0.39, 0.29) is 6.61 Å². The van der Waals surface area contributed by atoms with Gasteiger partial charge in [-0.15, -0.1) is 0 Å². The molecule has 0 radical (unpaired) electrons. The normalized spacial score (nSPS) is 17.4. The highest BCUT2D eigenvalue weighted by molar-refractivity contribution is 5.88. The highest BCUT2D eigenvalue weighted by Gasteiger charge is 2.27. The lowest BCUT2D eigenvalue weighted by molar-refractivity contribution is -0.133. The molecule has 194 valence electrons. The van der Waals surface area contributed by atoms with Crippen LogP contribution in [0, 0.1) is 5.41 Å². The molecule has 6 nitrogen and oxygen atoms in total. The van der Waals surface area contributed by atoms with Crippen molar-refractivity contribution in [3.05, 3.63) is 46.1 Å². The topological polar surface area (TPSA) is 85.2 Å². The third-order valence-electron chi connectivity index (χ3n) is 6.39. The van der Waals surface area contributed by atoms with Crippen LogP contribution in [0.3, 0.4) is 0 Å². The van der Waals surface area contributed by atoms with Crippen molar-refractivity contribution < 1.29 is 29.2 Å². The molecule has 0 bridgehead atoms. The summed E-state index contributed by atoms with van der Waals surface area (Å²) in [5, 5.41) is 18.2. The summed E-state index contributed by atoms with van der Waals surface area (Å²) >= 11 is 0. The number of aliphatic carboxylic acids is 1. The summed E-state index contributed by atoms with van der Waals surface area (Å²) in [6.07, 6.45) is 12.2. The Kier molecular flexibility index (Phi) is 15.0. The summed E-state index contributed by atoms with van der Waals surface area (Å²) in [4.78, 5) is 11.7. The number of aliphatic hydroxyl groups excluding tert-OH is 1. The van der Waals surface area contributed by atoms with E-state index in [9.17, 15) is 9.90 Å². The molecule has 1 rings (SSSR count). The quantitative estimate of drug-likeness (QED) is 0.122. The van der Waals surface area contributed by atoms with Gasteiger partial charge in [-0.2, -0.15) is 0 Å². The molecule has 0 heterocycles. The molecule has 6 heteroatoms. The standard InChI is InChI=1S/C28H46O6/c1-22(11-12-26-24(3)10-7-14-28(26,4)5)8-6-9-23(2)25(27(30)31)13-16-32-18-20-34-21-19-33-17-15-29/h6,8-9,29H,7,10-21H2,1-5H3,(H,30,31). The molecule has 0 saturated carbocycles. The van der Waals surface area contributed by atoms with Crippen molar-refractivity contribution in [2.45, 2.75) is 73.1 Å². The fourth-order valence-corrected chi connectivity index (χ4v) is 4.34. The fraction of sp³-hybridized carbons (Fsp3) is 0.679. The van der Waals surface area contributed by atoms with Gasteiger partial charge in [0, 0.05) is 12.0 Å². The van der Waals surface area contributed by atoms with Crippen LogP contribution in [0.2, 0.25) is 0 Å². The lowest BCUT2D eigenvalue weighted by Crippen LogP contribution is -2.20. The molecule has 0 saturated heterocycles. The lowest BCUT2D eigenvalue weighted by Gasteiger charge is -2.34. The van der Waals surface area contributed by atoms with E-state index >= 15 is 0 Å². The van der Waals surface area contributed by atoms with Crippen molar-refractivity contribution in [1.29, 1.82) is 0 Å². The van der Waals surface area contributed by atoms with Crippen LogP contribution < -0.4 is 0 Å². The minimum absolute atomic E-state index is 0.00366. The van der Waals surface area contributed by atoms with E-state index in [1.165, 1.54) is 24.8 Å². The van der Waals surface area contributed by atoms with Crippen LogP contribution >= 0.6 is 0 Å². The maximum Gasteiger partial charge on any atom is 0.331 e. The highest BCUT2D eigenvalue weighted by Crippen LogP contribution is 2.42. The Hall–Kier alpha value is -1.73. The Morgan fingerprint density at radius 3 is 2.21 bits per heavy atom. The minimum atomic E-state index is -0.911. The fourth-order valence-electron chi connectivity index (χ4n) is 4.34. The van der Waals surface area contributed by atoms with Gasteiger partial charge in [-0.25, -0.2) is 4.79 Å². The molecule has 34 heavy (non-hydrogen) atoms. The van der Waals surface area contributed by atoms with E-state index in [1.807, 2.05) is 19.1 Å². The first-order chi connectivity index (χ1) is 16.2. The number of carboxylic acids is 1. The van der Waals surface area contributed by atoms with Crippen LogP contribution in [-0.2, 0) is 19.0 Å². The smallest absolute Gasteiger partial charge is 0.331 e. The van der Waals surface area contributed by atoms with Crippen LogP contribution in [0.1, 0.15) is 73.1 Å². The highest BCUT2D eigenvalue weighted by atomic mass is 16.5. The van der Waals surface area contributed by atoms with E-state index < -0.39 is 5.97 Å². The Balaban J connectivity index is 2.45. The summed E-state index contributed by atoms with van der Waals surface area (Å²) in [6.45, 7) is 13.3. The lowest BCUT2D eigenvalue weighted by atomic mass is 9.71. The molecule has 0 spiro atoms. The monoisotopic (exact) mass is 478 g/mol. The molecule has 2 N–H and O–H groups in total. The summed E-state index contributed by atoms with van der Waals surface area (Å²) < 4.78 is 16.0. The first-order valence-electron chi connectivity index (χ1n) is 12.5. The maximum absolute atomic E-state index is 11.7. The van der Waals surface area contributed by atoms with Gasteiger partial charge in [-0.05, 0) is 63.9 Å². The number of hydrogen-bond donors (Lipinski definition) is 2. The molecule has 0 unspecified atom stereocenters. The number of allylic oxidation sites excluding steroid dienone is 7. The SMILES string of the molecule is CC(=CC=CC(C)=C(CCOCCOCCOCCO)C(=O)O)CCC1=C(C)CCCC1(C)C. The van der Waals surface area contributed by atoms with Gasteiger partial charge in [-0.3, -0.25) is 0 Å². The second kappa shape index (κ2) is 16.8. The molecule has 0 fully saturated rings. The van der Waals surface area contributed by atoms with Crippen molar-refractivity contribution in [3.8, 4) is 0 Å². The van der Waals surface area contributed by atoms with E-state index in [1.54, 1.807) is 11.1 Å². The summed E-state index contributed by atoms with van der Waals surface area (Å²) in [5.41, 5.74) is 5.88. The Bertz CT molecular complexity index is 742. The van der Waals surface area contributed by atoms with Gasteiger partial charge >= 0.3 is 5.97 Å². The molecule has 0 aromatic carbocycles. The zero-order chi connectivity index (χ0) is 25.4. The van der Waals surface area contributed by atoms with Crippen LogP contribution in [0.5, 0.6) is 0 Å². The minimum Gasteiger partial charge on any atom is -0.478 e. The number of carboxylic acid groups (broad SMARTS) is 1. The molecule has 0 aliphatic heterocycles. The molecular formula is C28H46O6. The van der Waals surface area contributed by atoms with Gasteiger partial charge in [0.2, 0.25) is 0 Å². The van der Waals surface area contributed by atoms with Crippen LogP contribution in [-0.4, -0.2) is 62.4 Å². The van der Waals surface area contributed by atoms with E-state index in [0.29, 0.717) is 57.1 Å². The van der Waals surface area contributed by atoms with Crippen molar-refractivity contribution in [2.75, 3.05) is 46.2 Å². The Morgan fingerprint density at radius 2 is 1.62 bits per heavy atom. The van der Waals surface area contributed by atoms with Gasteiger partial charge in [0.1, 0.15) is 0 Å². The van der Waals surface area contributed by atoms with Gasteiger partial charge in [0.15, 0.2) is 0 Å². The maximum atomic E-state index is 11.7. The summed E-state index contributed by atoms with van der Waals surface area (Å²) in [7, 11) is 0. The van der Waals surface area contributed by atoms with Gasteiger partial charge in [0.25, 0.3) is 0 Å².